The maximum atomic E-state index is 10.2. The number of rotatable bonds is 5. The van der Waals surface area contributed by atoms with Gasteiger partial charge < -0.3 is 16.2 Å². The average Bonchev–Trinajstić information content (AvgIpc) is 1.88. The molecule has 0 aromatic heterocycles. The molecule has 0 bridgehead atoms. The Morgan fingerprint density at radius 2 is 2.40 bits per heavy atom. The molecule has 0 aliphatic rings. The number of amides is 1. The number of nitrogens with two attached hydrogens (primary N) is 1. The molecule has 0 spiro atoms. The molecule has 1 unspecified atom stereocenters. The van der Waals surface area contributed by atoms with Gasteiger partial charge in [0.2, 0.25) is 5.91 Å². The van der Waals surface area contributed by atoms with Crippen molar-refractivity contribution >= 4 is 5.91 Å². The van der Waals surface area contributed by atoms with Gasteiger partial charge in [-0.05, 0) is 19.5 Å². The van der Waals surface area contributed by atoms with E-state index in [-0.39, 0.29) is 0 Å². The zero-order chi connectivity index (χ0) is 7.98. The fourth-order valence-electron chi connectivity index (χ4n) is 0.558. The Morgan fingerprint density at radius 1 is 1.80 bits per heavy atom. The monoisotopic (exact) mass is 146 g/mol. The molecular weight excluding hydrogens is 132 g/mol. The van der Waals surface area contributed by atoms with Gasteiger partial charge >= 0.3 is 0 Å². The second kappa shape index (κ2) is 5.20. The molecule has 4 heteroatoms. The minimum atomic E-state index is -1.00. The van der Waals surface area contributed by atoms with Crippen molar-refractivity contribution in [2.75, 3.05) is 13.1 Å². The highest BCUT2D eigenvalue weighted by atomic mass is 16.3. The molecule has 1 atom stereocenters. The van der Waals surface area contributed by atoms with E-state index in [9.17, 15) is 4.79 Å². The predicted molar refractivity (Wildman–Crippen MR) is 38.4 cm³/mol. The number of carbonyl (C=O) groups is 1. The summed E-state index contributed by atoms with van der Waals surface area (Å²) in [6.07, 6.45) is -0.609. The van der Waals surface area contributed by atoms with Gasteiger partial charge in [0.15, 0.2) is 0 Å². The predicted octanol–water partition coefficient (Wildman–Crippen LogP) is -1.17. The fraction of sp³-hybridized carbons (Fsp3) is 0.833. The van der Waals surface area contributed by atoms with Crippen LogP contribution < -0.4 is 11.1 Å². The van der Waals surface area contributed by atoms with Crippen LogP contribution in [0.25, 0.3) is 0 Å². The third kappa shape index (κ3) is 4.29. The topological polar surface area (TPSA) is 75.3 Å². The molecule has 10 heavy (non-hydrogen) atoms. The third-order valence-corrected chi connectivity index (χ3v) is 1.17. The highest BCUT2D eigenvalue weighted by Gasteiger charge is 2.08. The molecular formula is C6H14N2O2. The normalized spacial score (nSPS) is 13.0. The van der Waals surface area contributed by atoms with Gasteiger partial charge in [-0.3, -0.25) is 4.79 Å². The Kier molecular flexibility index (Phi) is 4.88. The van der Waals surface area contributed by atoms with E-state index in [4.69, 9.17) is 10.8 Å². The van der Waals surface area contributed by atoms with E-state index in [0.29, 0.717) is 13.0 Å². The molecule has 0 aromatic carbocycles. The molecule has 0 aliphatic heterocycles. The zero-order valence-electron chi connectivity index (χ0n) is 6.13. The maximum Gasteiger partial charge on any atom is 0.246 e. The van der Waals surface area contributed by atoms with Gasteiger partial charge in [0, 0.05) is 0 Å². The van der Waals surface area contributed by atoms with E-state index in [1.165, 1.54) is 0 Å². The second-order valence-electron chi connectivity index (χ2n) is 2.06. The first-order valence-electron chi connectivity index (χ1n) is 3.36. The summed E-state index contributed by atoms with van der Waals surface area (Å²) in [7, 11) is 0. The van der Waals surface area contributed by atoms with Crippen LogP contribution in [-0.2, 0) is 4.79 Å². The van der Waals surface area contributed by atoms with Gasteiger partial charge in [0.05, 0.1) is 0 Å². The third-order valence-electron chi connectivity index (χ3n) is 1.17. The van der Waals surface area contributed by atoms with Gasteiger partial charge in [-0.1, -0.05) is 6.92 Å². The molecule has 0 aliphatic carbocycles. The first kappa shape index (κ1) is 9.39. The summed E-state index contributed by atoms with van der Waals surface area (Å²) in [5.41, 5.74) is 4.80. The van der Waals surface area contributed by atoms with Crippen molar-refractivity contribution in [2.24, 2.45) is 5.73 Å². The highest BCUT2D eigenvalue weighted by Crippen LogP contribution is 1.86. The minimum Gasteiger partial charge on any atom is -0.383 e. The SMILES string of the molecule is CCNCCC(O)C(N)=O. The molecule has 60 valence electrons. The largest absolute Gasteiger partial charge is 0.383 e. The smallest absolute Gasteiger partial charge is 0.246 e. The van der Waals surface area contributed by atoms with Crippen molar-refractivity contribution in [3.63, 3.8) is 0 Å². The Labute approximate surface area is 60.4 Å². The fourth-order valence-corrected chi connectivity index (χ4v) is 0.558. The second-order valence-corrected chi connectivity index (χ2v) is 2.06. The summed E-state index contributed by atoms with van der Waals surface area (Å²) in [5, 5.41) is 11.8. The van der Waals surface area contributed by atoms with Gasteiger partial charge in [0.25, 0.3) is 0 Å². The number of hydrogen-bond donors (Lipinski definition) is 3. The first-order valence-corrected chi connectivity index (χ1v) is 3.36. The number of aliphatic hydroxyl groups is 1. The number of primary amides is 1. The van der Waals surface area contributed by atoms with E-state index in [1.807, 2.05) is 6.92 Å². The molecule has 0 saturated heterocycles. The number of carbonyl (C=O) groups excluding carboxylic acids is 1. The Hall–Kier alpha value is -0.610. The quantitative estimate of drug-likeness (QED) is 0.428. The van der Waals surface area contributed by atoms with Crippen molar-refractivity contribution in [3.05, 3.63) is 0 Å². The molecule has 0 heterocycles. The Bertz CT molecular complexity index is 106. The average molecular weight is 146 g/mol. The lowest BCUT2D eigenvalue weighted by Crippen LogP contribution is -2.31. The molecule has 0 rings (SSSR count). The van der Waals surface area contributed by atoms with Crippen LogP contribution in [0.1, 0.15) is 13.3 Å². The van der Waals surface area contributed by atoms with Gasteiger partial charge in [-0.25, -0.2) is 0 Å². The summed E-state index contributed by atoms with van der Waals surface area (Å²) in [4.78, 5) is 10.2. The van der Waals surface area contributed by atoms with Crippen molar-refractivity contribution < 1.29 is 9.90 Å². The standard InChI is InChI=1S/C6H14N2O2/c1-2-8-4-3-5(9)6(7)10/h5,8-9H,2-4H2,1H3,(H2,7,10). The van der Waals surface area contributed by atoms with Crippen LogP contribution in [0.15, 0.2) is 0 Å². The number of nitrogens with one attached hydrogen (secondary N) is 1. The van der Waals surface area contributed by atoms with Crippen LogP contribution in [0.3, 0.4) is 0 Å². The lowest BCUT2D eigenvalue weighted by atomic mass is 10.2. The molecule has 4 nitrogen and oxygen atoms in total. The van der Waals surface area contributed by atoms with Crippen molar-refractivity contribution in [1.82, 2.24) is 5.32 Å². The Balaban J connectivity index is 3.21. The van der Waals surface area contributed by atoms with Crippen LogP contribution >= 0.6 is 0 Å². The maximum absolute atomic E-state index is 10.2. The number of aliphatic hydroxyl groups excluding tert-OH is 1. The summed E-state index contributed by atoms with van der Waals surface area (Å²) >= 11 is 0. The van der Waals surface area contributed by atoms with Crippen LogP contribution in [0, 0.1) is 0 Å². The molecule has 0 fully saturated rings. The molecule has 0 saturated carbocycles. The van der Waals surface area contributed by atoms with E-state index < -0.39 is 12.0 Å². The molecule has 4 N–H and O–H groups in total. The summed E-state index contributed by atoms with van der Waals surface area (Å²) < 4.78 is 0. The van der Waals surface area contributed by atoms with Crippen LogP contribution in [0.2, 0.25) is 0 Å². The van der Waals surface area contributed by atoms with E-state index in [0.717, 1.165) is 6.54 Å². The molecule has 1 amide bonds. The summed E-state index contributed by atoms with van der Waals surface area (Å²) in [6, 6.07) is 0. The highest BCUT2D eigenvalue weighted by molar-refractivity contribution is 5.78. The minimum absolute atomic E-state index is 0.392. The zero-order valence-corrected chi connectivity index (χ0v) is 6.13. The summed E-state index contributed by atoms with van der Waals surface area (Å²) in [5.74, 6) is -0.655. The lowest BCUT2D eigenvalue weighted by Gasteiger charge is -2.05. The van der Waals surface area contributed by atoms with Crippen molar-refractivity contribution in [3.8, 4) is 0 Å². The molecule has 0 aromatic rings. The van der Waals surface area contributed by atoms with Gasteiger partial charge in [-0.2, -0.15) is 0 Å². The van der Waals surface area contributed by atoms with E-state index in [2.05, 4.69) is 5.32 Å². The van der Waals surface area contributed by atoms with E-state index >= 15 is 0 Å². The molecule has 0 radical (unpaired) electrons. The number of hydrogen-bond acceptors (Lipinski definition) is 3. The van der Waals surface area contributed by atoms with Crippen LogP contribution in [-0.4, -0.2) is 30.2 Å². The first-order chi connectivity index (χ1) is 4.68. The Morgan fingerprint density at radius 3 is 2.80 bits per heavy atom. The lowest BCUT2D eigenvalue weighted by molar-refractivity contribution is -0.126. The van der Waals surface area contributed by atoms with Crippen molar-refractivity contribution in [1.29, 1.82) is 0 Å². The van der Waals surface area contributed by atoms with Crippen LogP contribution in [0.4, 0.5) is 0 Å². The van der Waals surface area contributed by atoms with Crippen molar-refractivity contribution in [2.45, 2.75) is 19.4 Å². The van der Waals surface area contributed by atoms with Crippen LogP contribution in [0.5, 0.6) is 0 Å². The van der Waals surface area contributed by atoms with E-state index in [1.54, 1.807) is 0 Å². The van der Waals surface area contributed by atoms with Gasteiger partial charge in [-0.15, -0.1) is 0 Å². The van der Waals surface area contributed by atoms with Gasteiger partial charge in [0.1, 0.15) is 6.10 Å². The summed E-state index contributed by atoms with van der Waals surface area (Å²) in [6.45, 7) is 3.42.